The molecule has 0 spiro atoms. The van der Waals surface area contributed by atoms with Gasteiger partial charge in [-0.3, -0.25) is 14.9 Å². The molecule has 1 N–H and O–H groups in total. The van der Waals surface area contributed by atoms with Crippen LogP contribution in [-0.2, 0) is 12.8 Å². The molecule has 0 saturated heterocycles. The number of rotatable bonds is 6. The highest BCUT2D eigenvalue weighted by atomic mass is 32.1. The van der Waals surface area contributed by atoms with E-state index >= 15 is 0 Å². The number of aliphatic imine (C=N–C) groups is 1. The lowest BCUT2D eigenvalue weighted by Crippen LogP contribution is -2.36. The molecule has 1 aromatic carbocycles. The van der Waals surface area contributed by atoms with E-state index in [-0.39, 0.29) is 17.6 Å². The molecule has 3 aromatic rings. The van der Waals surface area contributed by atoms with E-state index in [2.05, 4.69) is 5.32 Å². The normalized spacial score (nSPS) is 16.4. The molecule has 2 aromatic heterocycles. The van der Waals surface area contributed by atoms with Gasteiger partial charge in [0.1, 0.15) is 16.5 Å². The molecule has 5 rings (SSSR count). The first-order chi connectivity index (χ1) is 17.0. The molecule has 0 aliphatic heterocycles. The van der Waals surface area contributed by atoms with Crippen molar-refractivity contribution >= 4 is 34.1 Å². The van der Waals surface area contributed by atoms with Gasteiger partial charge in [0.2, 0.25) is 0 Å². The predicted molar refractivity (Wildman–Crippen MR) is 138 cm³/mol. The lowest BCUT2D eigenvalue weighted by molar-refractivity contribution is -0.384. The average Bonchev–Trinajstić information content (AvgIpc) is 3.47. The summed E-state index contributed by atoms with van der Waals surface area (Å²) in [5.74, 6) is 1.20. The molecule has 0 radical (unpaired) electrons. The van der Waals surface area contributed by atoms with Crippen LogP contribution in [0.15, 0.2) is 39.7 Å². The maximum absolute atomic E-state index is 13.3. The first-order valence-electron chi connectivity index (χ1n) is 12.3. The van der Waals surface area contributed by atoms with Crippen LogP contribution >= 0.6 is 11.3 Å². The minimum Gasteiger partial charge on any atom is -0.455 e. The van der Waals surface area contributed by atoms with Crippen molar-refractivity contribution < 1.29 is 14.1 Å². The summed E-state index contributed by atoms with van der Waals surface area (Å²) in [6.07, 6.45) is 11.5. The summed E-state index contributed by atoms with van der Waals surface area (Å²) in [6, 6.07) is 8.64. The number of nitrogens with one attached hydrogen (secondary N) is 1. The molecule has 0 unspecified atom stereocenters. The summed E-state index contributed by atoms with van der Waals surface area (Å²) in [5, 5.41) is 15.0. The number of nitrogens with zero attached hydrogens (tertiary/aromatic N) is 2. The molecule has 8 heteroatoms. The molecule has 0 bridgehead atoms. The van der Waals surface area contributed by atoms with E-state index < -0.39 is 4.92 Å². The van der Waals surface area contributed by atoms with Crippen LogP contribution < -0.4 is 5.32 Å². The SMILES string of the molecule is Cc1cc([N+](=O)[O-])ccc1-c1ccc(/C=N\c2sc3c(c2C(=O)NC2CCCCC2)CCCC3)o1. The maximum Gasteiger partial charge on any atom is 0.269 e. The zero-order valence-electron chi connectivity index (χ0n) is 19.8. The van der Waals surface area contributed by atoms with Crippen molar-refractivity contribution in [3.63, 3.8) is 0 Å². The number of fused-ring (bicyclic) bond motifs is 1. The maximum atomic E-state index is 13.3. The van der Waals surface area contributed by atoms with Crippen LogP contribution in [0.2, 0.25) is 0 Å². The molecule has 1 amide bonds. The Morgan fingerprint density at radius 2 is 1.94 bits per heavy atom. The number of carbonyl (C=O) groups excluding carboxylic acids is 1. The number of amides is 1. The van der Waals surface area contributed by atoms with Crippen LogP contribution in [0, 0.1) is 17.0 Å². The number of non-ortho nitro benzene ring substituents is 1. The topological polar surface area (TPSA) is 97.7 Å². The largest absolute Gasteiger partial charge is 0.455 e. The molecule has 2 heterocycles. The number of aryl methyl sites for hydroxylation is 2. The molecule has 1 fully saturated rings. The van der Waals surface area contributed by atoms with Crippen LogP contribution in [-0.4, -0.2) is 23.1 Å². The van der Waals surface area contributed by atoms with Gasteiger partial charge in [0.05, 0.1) is 16.7 Å². The molecule has 2 aliphatic carbocycles. The van der Waals surface area contributed by atoms with Crippen molar-refractivity contribution in [2.75, 3.05) is 0 Å². The van der Waals surface area contributed by atoms with E-state index in [1.165, 1.54) is 35.8 Å². The van der Waals surface area contributed by atoms with Gasteiger partial charge in [-0.1, -0.05) is 19.3 Å². The van der Waals surface area contributed by atoms with Crippen molar-refractivity contribution in [3.8, 4) is 11.3 Å². The minimum atomic E-state index is -0.403. The van der Waals surface area contributed by atoms with E-state index in [0.717, 1.165) is 60.2 Å². The zero-order chi connectivity index (χ0) is 24.4. The predicted octanol–water partition coefficient (Wildman–Crippen LogP) is 6.92. The van der Waals surface area contributed by atoms with Crippen LogP contribution in [0.1, 0.15) is 77.1 Å². The number of hydrogen-bond donors (Lipinski definition) is 1. The summed E-state index contributed by atoms with van der Waals surface area (Å²) in [5.41, 5.74) is 3.53. The molecule has 182 valence electrons. The standard InChI is InChI=1S/C27H29N3O4S/c1-17-15-19(30(32)33)11-13-21(17)23-14-12-20(34-23)16-28-27-25(22-9-5-6-10-24(22)35-27)26(31)29-18-7-3-2-4-8-18/h11-16,18H,2-10H2,1H3,(H,29,31)/b28-16-. The molecule has 35 heavy (non-hydrogen) atoms. The number of thiophene rings is 1. The molecule has 0 atom stereocenters. The smallest absolute Gasteiger partial charge is 0.269 e. The summed E-state index contributed by atoms with van der Waals surface area (Å²) >= 11 is 1.62. The van der Waals surface area contributed by atoms with Gasteiger partial charge in [0, 0.05) is 28.6 Å². The second kappa shape index (κ2) is 10.2. The Labute approximate surface area is 208 Å². The third-order valence-electron chi connectivity index (χ3n) is 6.94. The highest BCUT2D eigenvalue weighted by Crippen LogP contribution is 2.40. The van der Waals surface area contributed by atoms with Crippen LogP contribution in [0.3, 0.4) is 0 Å². The van der Waals surface area contributed by atoms with Crippen LogP contribution in [0.25, 0.3) is 11.3 Å². The van der Waals surface area contributed by atoms with Gasteiger partial charge >= 0.3 is 0 Å². The number of furan rings is 1. The molecule has 2 aliphatic rings. The lowest BCUT2D eigenvalue weighted by Gasteiger charge is -2.23. The minimum absolute atomic E-state index is 0.00471. The van der Waals surface area contributed by atoms with Crippen LogP contribution in [0.5, 0.6) is 0 Å². The molecular formula is C27H29N3O4S. The second-order valence-electron chi connectivity index (χ2n) is 9.42. The van der Waals surface area contributed by atoms with Crippen LogP contribution in [0.4, 0.5) is 10.7 Å². The third kappa shape index (κ3) is 5.07. The Morgan fingerprint density at radius 3 is 2.71 bits per heavy atom. The number of nitro benzene ring substituents is 1. The van der Waals surface area contributed by atoms with Crippen molar-refractivity contribution in [2.24, 2.45) is 4.99 Å². The number of nitro groups is 1. The molecular weight excluding hydrogens is 462 g/mol. The highest BCUT2D eigenvalue weighted by Gasteiger charge is 2.27. The third-order valence-corrected chi connectivity index (χ3v) is 8.14. The Balaban J connectivity index is 1.39. The number of carbonyl (C=O) groups is 1. The van der Waals surface area contributed by atoms with Crippen molar-refractivity contribution in [1.82, 2.24) is 5.32 Å². The fraction of sp³-hybridized carbons (Fsp3) is 0.407. The summed E-state index contributed by atoms with van der Waals surface area (Å²) in [7, 11) is 0. The van der Waals surface area contributed by atoms with Gasteiger partial charge in [-0.15, -0.1) is 11.3 Å². The quantitative estimate of drug-likeness (QED) is 0.230. The van der Waals surface area contributed by atoms with E-state index in [0.29, 0.717) is 11.5 Å². The lowest BCUT2D eigenvalue weighted by atomic mass is 9.93. The van der Waals surface area contributed by atoms with Crippen molar-refractivity contribution in [3.05, 3.63) is 67.8 Å². The summed E-state index contributed by atoms with van der Waals surface area (Å²) in [6.45, 7) is 1.83. The van der Waals surface area contributed by atoms with Gasteiger partial charge in [-0.25, -0.2) is 4.99 Å². The Morgan fingerprint density at radius 1 is 1.14 bits per heavy atom. The Hall–Kier alpha value is -3.26. The Bertz CT molecular complexity index is 1280. The van der Waals surface area contributed by atoms with Gasteiger partial charge in [-0.2, -0.15) is 0 Å². The average molecular weight is 492 g/mol. The van der Waals surface area contributed by atoms with E-state index in [9.17, 15) is 14.9 Å². The molecule has 7 nitrogen and oxygen atoms in total. The zero-order valence-corrected chi connectivity index (χ0v) is 20.7. The van der Waals surface area contributed by atoms with Gasteiger partial charge in [0.25, 0.3) is 11.6 Å². The monoisotopic (exact) mass is 491 g/mol. The van der Waals surface area contributed by atoms with E-state index in [1.54, 1.807) is 29.7 Å². The fourth-order valence-corrected chi connectivity index (χ4v) is 6.34. The summed E-state index contributed by atoms with van der Waals surface area (Å²) in [4.78, 5) is 29.9. The van der Waals surface area contributed by atoms with E-state index in [4.69, 9.17) is 9.41 Å². The van der Waals surface area contributed by atoms with Crippen molar-refractivity contribution in [2.45, 2.75) is 70.8 Å². The first kappa shape index (κ1) is 23.5. The van der Waals surface area contributed by atoms with E-state index in [1.807, 2.05) is 19.1 Å². The van der Waals surface area contributed by atoms with Gasteiger partial charge < -0.3 is 9.73 Å². The summed E-state index contributed by atoms with van der Waals surface area (Å²) < 4.78 is 5.98. The number of benzene rings is 1. The van der Waals surface area contributed by atoms with Crippen molar-refractivity contribution in [1.29, 1.82) is 0 Å². The number of hydrogen-bond acceptors (Lipinski definition) is 6. The fourth-order valence-electron chi connectivity index (χ4n) is 5.11. The first-order valence-corrected chi connectivity index (χ1v) is 13.2. The second-order valence-corrected chi connectivity index (χ2v) is 10.5. The Kier molecular flexibility index (Phi) is 6.81. The van der Waals surface area contributed by atoms with Gasteiger partial charge in [-0.05, 0) is 74.8 Å². The molecule has 1 saturated carbocycles. The van der Waals surface area contributed by atoms with Gasteiger partial charge in [0.15, 0.2) is 0 Å². The highest BCUT2D eigenvalue weighted by molar-refractivity contribution is 7.16.